The highest BCUT2D eigenvalue weighted by atomic mass is 16.6. The van der Waals surface area contributed by atoms with E-state index in [0.29, 0.717) is 55.7 Å². The lowest BCUT2D eigenvalue weighted by Gasteiger charge is -2.24. The van der Waals surface area contributed by atoms with Gasteiger partial charge in [-0.2, -0.15) is 0 Å². The molecule has 1 amide bonds. The van der Waals surface area contributed by atoms with Crippen molar-refractivity contribution in [2.75, 3.05) is 56.7 Å². The van der Waals surface area contributed by atoms with Crippen molar-refractivity contribution < 1.29 is 23.7 Å². The van der Waals surface area contributed by atoms with E-state index in [1.54, 1.807) is 6.08 Å². The monoisotopic (exact) mass is 541 g/mol. The quantitative estimate of drug-likeness (QED) is 0.329. The second kappa shape index (κ2) is 12.0. The van der Waals surface area contributed by atoms with Gasteiger partial charge in [-0.25, -0.2) is 9.97 Å². The summed E-state index contributed by atoms with van der Waals surface area (Å²) < 4.78 is 23.3. The first kappa shape index (κ1) is 26.2. The SMILES string of the molecule is C#Cc1cccc(Nc2ncnc3cc(O[C@H]4CCOC4)c(NC(=O)/C=C/CN4C[C@@H]5OCCO[C@@H]5C4)cc23)c1. The summed E-state index contributed by atoms with van der Waals surface area (Å²) >= 11 is 0. The molecule has 3 aliphatic rings. The number of benzene rings is 2. The van der Waals surface area contributed by atoms with Gasteiger partial charge in [0.15, 0.2) is 0 Å². The number of rotatable bonds is 8. The molecule has 10 nitrogen and oxygen atoms in total. The number of nitrogens with one attached hydrogen (secondary N) is 2. The molecule has 3 saturated heterocycles. The van der Waals surface area contributed by atoms with Crippen molar-refractivity contribution in [1.82, 2.24) is 14.9 Å². The van der Waals surface area contributed by atoms with Crippen LogP contribution in [0.2, 0.25) is 0 Å². The van der Waals surface area contributed by atoms with E-state index in [1.165, 1.54) is 6.33 Å². The van der Waals surface area contributed by atoms with Gasteiger partial charge in [0, 0.05) is 54.8 Å². The van der Waals surface area contributed by atoms with E-state index in [4.69, 9.17) is 25.4 Å². The number of terminal acetylenes is 1. The van der Waals surface area contributed by atoms with Gasteiger partial charge in [-0.3, -0.25) is 9.69 Å². The Morgan fingerprint density at radius 1 is 1.15 bits per heavy atom. The highest BCUT2D eigenvalue weighted by molar-refractivity contribution is 6.03. The van der Waals surface area contributed by atoms with Crippen molar-refractivity contribution in [3.63, 3.8) is 0 Å². The lowest BCUT2D eigenvalue weighted by atomic mass is 10.1. The Bertz CT molecular complexity index is 1430. The molecule has 2 aromatic carbocycles. The van der Waals surface area contributed by atoms with E-state index in [0.717, 1.165) is 36.1 Å². The summed E-state index contributed by atoms with van der Waals surface area (Å²) in [7, 11) is 0. The Kier molecular flexibility index (Phi) is 7.88. The molecule has 1 aromatic heterocycles. The minimum atomic E-state index is -0.260. The van der Waals surface area contributed by atoms with Crippen LogP contribution in [0.4, 0.5) is 17.2 Å². The van der Waals surface area contributed by atoms with E-state index in [-0.39, 0.29) is 24.2 Å². The molecule has 2 N–H and O–H groups in total. The predicted molar refractivity (Wildman–Crippen MR) is 151 cm³/mol. The topological polar surface area (TPSA) is 107 Å². The van der Waals surface area contributed by atoms with E-state index in [9.17, 15) is 4.79 Å². The van der Waals surface area contributed by atoms with Crippen LogP contribution in [-0.2, 0) is 19.0 Å². The fourth-order valence-electron chi connectivity index (χ4n) is 5.16. The minimum absolute atomic E-state index is 0.0993. The maximum Gasteiger partial charge on any atom is 0.248 e. The van der Waals surface area contributed by atoms with Crippen LogP contribution in [0.1, 0.15) is 12.0 Å². The third-order valence-electron chi connectivity index (χ3n) is 7.14. The molecule has 10 heteroatoms. The zero-order valence-corrected chi connectivity index (χ0v) is 22.0. The molecule has 0 saturated carbocycles. The van der Waals surface area contributed by atoms with Gasteiger partial charge in [0.05, 0.1) is 49.8 Å². The summed E-state index contributed by atoms with van der Waals surface area (Å²) in [5.74, 6) is 3.49. The third kappa shape index (κ3) is 6.08. The molecule has 0 radical (unpaired) electrons. The smallest absolute Gasteiger partial charge is 0.248 e. The number of fused-ring (bicyclic) bond motifs is 2. The number of aromatic nitrogens is 2. The van der Waals surface area contributed by atoms with Crippen molar-refractivity contribution in [1.29, 1.82) is 0 Å². The number of nitrogens with zero attached hydrogens (tertiary/aromatic N) is 3. The van der Waals surface area contributed by atoms with E-state index in [2.05, 4.69) is 31.4 Å². The van der Waals surface area contributed by atoms with Crippen LogP contribution in [0.3, 0.4) is 0 Å². The maximum atomic E-state index is 13.0. The van der Waals surface area contributed by atoms with Crippen LogP contribution in [0, 0.1) is 12.3 Å². The van der Waals surface area contributed by atoms with Gasteiger partial charge < -0.3 is 29.6 Å². The van der Waals surface area contributed by atoms with Crippen molar-refractivity contribution in [2.24, 2.45) is 0 Å². The number of carbonyl (C=O) groups is 1. The number of amides is 1. The number of likely N-dealkylation sites (tertiary alicyclic amines) is 1. The molecule has 4 heterocycles. The molecule has 0 aliphatic carbocycles. The van der Waals surface area contributed by atoms with Crippen molar-refractivity contribution in [3.05, 3.63) is 60.4 Å². The number of ether oxygens (including phenoxy) is 4. The lowest BCUT2D eigenvalue weighted by Crippen LogP contribution is -2.36. The summed E-state index contributed by atoms with van der Waals surface area (Å²) in [5.41, 5.74) is 2.75. The average Bonchev–Trinajstić information content (AvgIpc) is 3.63. The van der Waals surface area contributed by atoms with Crippen LogP contribution in [0.15, 0.2) is 54.9 Å². The Morgan fingerprint density at radius 2 is 2.00 bits per heavy atom. The molecule has 3 aromatic rings. The molecular weight excluding hydrogens is 510 g/mol. The Hall–Kier alpha value is -4.01. The summed E-state index contributed by atoms with van der Waals surface area (Å²) in [6, 6.07) is 11.2. The second-order valence-electron chi connectivity index (χ2n) is 9.97. The van der Waals surface area contributed by atoms with Crippen molar-refractivity contribution in [2.45, 2.75) is 24.7 Å². The zero-order valence-electron chi connectivity index (χ0n) is 22.0. The molecule has 206 valence electrons. The summed E-state index contributed by atoms with van der Waals surface area (Å²) in [5, 5.41) is 7.04. The van der Waals surface area contributed by atoms with E-state index in [1.807, 2.05) is 42.5 Å². The summed E-state index contributed by atoms with van der Waals surface area (Å²) in [6.07, 6.45) is 11.3. The molecule has 3 fully saturated rings. The van der Waals surface area contributed by atoms with Crippen LogP contribution in [0.25, 0.3) is 10.9 Å². The highest BCUT2D eigenvalue weighted by Gasteiger charge is 2.35. The molecule has 0 unspecified atom stereocenters. The maximum absolute atomic E-state index is 13.0. The van der Waals surface area contributed by atoms with E-state index >= 15 is 0 Å². The van der Waals surface area contributed by atoms with Gasteiger partial charge in [0.2, 0.25) is 5.91 Å². The molecule has 6 rings (SSSR count). The van der Waals surface area contributed by atoms with Crippen LogP contribution in [-0.4, -0.2) is 85.1 Å². The number of anilines is 3. The van der Waals surface area contributed by atoms with Crippen LogP contribution < -0.4 is 15.4 Å². The van der Waals surface area contributed by atoms with Gasteiger partial charge in [-0.15, -0.1) is 6.42 Å². The molecule has 3 atom stereocenters. The lowest BCUT2D eigenvalue weighted by molar-refractivity contribution is -0.116. The third-order valence-corrected chi connectivity index (χ3v) is 7.14. The number of carbonyl (C=O) groups excluding carboxylic acids is 1. The molecule has 0 bridgehead atoms. The first-order valence-electron chi connectivity index (χ1n) is 13.4. The second-order valence-corrected chi connectivity index (χ2v) is 9.97. The Morgan fingerprint density at radius 3 is 2.77 bits per heavy atom. The van der Waals surface area contributed by atoms with Gasteiger partial charge in [-0.05, 0) is 24.3 Å². The summed E-state index contributed by atoms with van der Waals surface area (Å²) in [4.78, 5) is 24.1. The van der Waals surface area contributed by atoms with Crippen LogP contribution >= 0.6 is 0 Å². The van der Waals surface area contributed by atoms with Gasteiger partial charge in [0.25, 0.3) is 0 Å². The highest BCUT2D eigenvalue weighted by Crippen LogP contribution is 2.34. The fraction of sp³-hybridized carbons (Fsp3) is 0.367. The molecule has 0 spiro atoms. The first-order chi connectivity index (χ1) is 19.6. The fourth-order valence-corrected chi connectivity index (χ4v) is 5.16. The van der Waals surface area contributed by atoms with Gasteiger partial charge in [0.1, 0.15) is 24.0 Å². The van der Waals surface area contributed by atoms with Crippen molar-refractivity contribution >= 4 is 34.0 Å². The Balaban J connectivity index is 1.21. The first-order valence-corrected chi connectivity index (χ1v) is 13.4. The normalized spacial score (nSPS) is 22.7. The van der Waals surface area contributed by atoms with Gasteiger partial charge >= 0.3 is 0 Å². The zero-order chi connectivity index (χ0) is 27.3. The predicted octanol–water partition coefficient (Wildman–Crippen LogP) is 3.12. The van der Waals surface area contributed by atoms with Gasteiger partial charge in [-0.1, -0.05) is 18.1 Å². The van der Waals surface area contributed by atoms with Crippen molar-refractivity contribution in [3.8, 4) is 18.1 Å². The largest absolute Gasteiger partial charge is 0.486 e. The van der Waals surface area contributed by atoms with Crippen LogP contribution in [0.5, 0.6) is 5.75 Å². The number of hydrogen-bond donors (Lipinski definition) is 2. The number of hydrogen-bond acceptors (Lipinski definition) is 9. The standard InChI is InChI=1S/C30H31N5O5/c1-2-20-5-3-6-21(13-20)33-30-23-14-25(26(15-24(23)31-19-32-30)40-22-8-10-37-18-22)34-29(36)7-4-9-35-16-27-28(17-35)39-12-11-38-27/h1,3-7,13-15,19,22,27-28H,8-12,16-18H2,(H,34,36)(H,31,32,33)/b7-4+/t22-,27-,28+/m0/s1. The molecular formula is C30H31N5O5. The minimum Gasteiger partial charge on any atom is -0.486 e. The average molecular weight is 542 g/mol. The molecule has 40 heavy (non-hydrogen) atoms. The Labute approximate surface area is 232 Å². The van der Waals surface area contributed by atoms with E-state index < -0.39 is 0 Å². The summed E-state index contributed by atoms with van der Waals surface area (Å²) in [6.45, 7) is 4.63. The molecule has 3 aliphatic heterocycles.